The molecule has 0 spiro atoms. The van der Waals surface area contributed by atoms with Crippen molar-refractivity contribution in [2.75, 3.05) is 13.6 Å². The van der Waals surface area contributed by atoms with Gasteiger partial charge in [-0.1, -0.05) is 56.2 Å². The first-order valence-corrected chi connectivity index (χ1v) is 9.20. The summed E-state index contributed by atoms with van der Waals surface area (Å²) in [6, 6.07) is 15.4. The number of rotatable bonds is 5. The van der Waals surface area contributed by atoms with E-state index < -0.39 is 0 Å². The highest BCUT2D eigenvalue weighted by Crippen LogP contribution is 2.23. The molecule has 0 heterocycles. The lowest BCUT2D eigenvalue weighted by Crippen LogP contribution is -3.09. The number of fused-ring (bicyclic) bond motifs is 1. The number of hydrogen-bond donors (Lipinski definition) is 2. The van der Waals surface area contributed by atoms with Crippen LogP contribution in [0.1, 0.15) is 38.2 Å². The molecule has 3 atom stereocenters. The predicted octanol–water partition coefficient (Wildman–Crippen LogP) is 2.55. The molecule has 0 aromatic heterocycles. The molecular weight excluding hydrogens is 296 g/mol. The number of hydrogen-bond acceptors (Lipinski definition) is 1. The lowest BCUT2D eigenvalue weighted by atomic mass is 9.86. The molecule has 3 nitrogen and oxygen atoms in total. The summed E-state index contributed by atoms with van der Waals surface area (Å²) < 4.78 is 0. The van der Waals surface area contributed by atoms with E-state index >= 15 is 0 Å². The largest absolute Gasteiger partial charge is 0.348 e. The maximum absolute atomic E-state index is 12.3. The Morgan fingerprint density at radius 1 is 1.12 bits per heavy atom. The van der Waals surface area contributed by atoms with Gasteiger partial charge in [-0.05, 0) is 35.6 Å². The second kappa shape index (κ2) is 7.80. The zero-order valence-corrected chi connectivity index (χ0v) is 14.8. The summed E-state index contributed by atoms with van der Waals surface area (Å²) in [7, 11) is 2.10. The van der Waals surface area contributed by atoms with Crippen molar-refractivity contribution in [2.45, 2.75) is 45.2 Å². The third-order valence-electron chi connectivity index (χ3n) is 5.24. The molecule has 1 aliphatic rings. The van der Waals surface area contributed by atoms with Crippen LogP contribution in [0, 0.1) is 5.92 Å². The number of benzene rings is 2. The second-order valence-corrected chi connectivity index (χ2v) is 7.43. The van der Waals surface area contributed by atoms with Crippen molar-refractivity contribution in [2.24, 2.45) is 5.92 Å². The Hall–Kier alpha value is -1.87. The minimum absolute atomic E-state index is 0.187. The van der Waals surface area contributed by atoms with E-state index in [-0.39, 0.29) is 5.91 Å². The van der Waals surface area contributed by atoms with Gasteiger partial charge in [0.25, 0.3) is 5.91 Å². The predicted molar refractivity (Wildman–Crippen MR) is 99.0 cm³/mol. The number of amides is 1. The Morgan fingerprint density at radius 3 is 2.67 bits per heavy atom. The number of quaternary nitrogens is 1. The fraction of sp³-hybridized carbons (Fsp3) is 0.476. The highest BCUT2D eigenvalue weighted by Gasteiger charge is 2.23. The highest BCUT2D eigenvalue weighted by molar-refractivity contribution is 5.83. The first kappa shape index (κ1) is 17.0. The van der Waals surface area contributed by atoms with Gasteiger partial charge >= 0.3 is 0 Å². The zero-order chi connectivity index (χ0) is 16.9. The van der Waals surface area contributed by atoms with Crippen LogP contribution in [0.25, 0.3) is 10.8 Å². The van der Waals surface area contributed by atoms with Gasteiger partial charge in [-0.25, -0.2) is 0 Å². The topological polar surface area (TPSA) is 33.5 Å². The summed E-state index contributed by atoms with van der Waals surface area (Å²) in [4.78, 5) is 13.6. The molecule has 3 rings (SSSR count). The maximum Gasteiger partial charge on any atom is 0.275 e. The number of nitrogens with one attached hydrogen (secondary N) is 2. The normalized spacial score (nSPS) is 22.2. The van der Waals surface area contributed by atoms with Gasteiger partial charge in [-0.15, -0.1) is 0 Å². The molecule has 1 aliphatic carbocycles. The Kier molecular flexibility index (Phi) is 5.52. The standard InChI is InChI=1S/C21H28N2O/c1-16-7-3-6-10-20(16)22-21(24)15-23(2)14-17-11-12-18-8-4-5-9-19(18)13-17/h4-5,8-9,11-13,16,20H,3,6-7,10,14-15H2,1-2H3,(H,22,24)/p+1/t16-,20+/m0/s1. The van der Waals surface area contributed by atoms with Crippen molar-refractivity contribution in [1.82, 2.24) is 5.32 Å². The van der Waals surface area contributed by atoms with Crippen LogP contribution < -0.4 is 10.2 Å². The van der Waals surface area contributed by atoms with Gasteiger partial charge in [-0.2, -0.15) is 0 Å². The second-order valence-electron chi connectivity index (χ2n) is 7.43. The van der Waals surface area contributed by atoms with Crippen molar-refractivity contribution < 1.29 is 9.69 Å². The summed E-state index contributed by atoms with van der Waals surface area (Å²) in [5, 5.41) is 5.79. The lowest BCUT2D eigenvalue weighted by molar-refractivity contribution is -0.885. The van der Waals surface area contributed by atoms with Gasteiger partial charge < -0.3 is 10.2 Å². The molecule has 2 N–H and O–H groups in total. The fourth-order valence-electron chi connectivity index (χ4n) is 3.82. The van der Waals surface area contributed by atoms with Crippen molar-refractivity contribution in [1.29, 1.82) is 0 Å². The van der Waals surface area contributed by atoms with Gasteiger partial charge in [0.15, 0.2) is 6.54 Å². The summed E-state index contributed by atoms with van der Waals surface area (Å²) in [6.07, 6.45) is 4.93. The van der Waals surface area contributed by atoms with Crippen molar-refractivity contribution >= 4 is 16.7 Å². The first-order valence-electron chi connectivity index (χ1n) is 9.20. The molecule has 0 radical (unpaired) electrons. The van der Waals surface area contributed by atoms with E-state index in [2.05, 4.69) is 61.8 Å². The van der Waals surface area contributed by atoms with E-state index in [4.69, 9.17) is 0 Å². The minimum Gasteiger partial charge on any atom is -0.348 e. The number of carbonyl (C=O) groups is 1. The van der Waals surface area contributed by atoms with Crippen LogP contribution in [0.2, 0.25) is 0 Å². The van der Waals surface area contributed by atoms with Crippen molar-refractivity contribution in [3.63, 3.8) is 0 Å². The summed E-state index contributed by atoms with van der Waals surface area (Å²) in [5.74, 6) is 0.801. The molecule has 1 fully saturated rings. The third-order valence-corrected chi connectivity index (χ3v) is 5.24. The summed E-state index contributed by atoms with van der Waals surface area (Å²) in [6.45, 7) is 3.67. The van der Waals surface area contributed by atoms with Crippen LogP contribution >= 0.6 is 0 Å². The van der Waals surface area contributed by atoms with Crippen molar-refractivity contribution in [3.8, 4) is 0 Å². The van der Waals surface area contributed by atoms with E-state index in [0.717, 1.165) is 13.0 Å². The molecule has 2 aromatic rings. The fourth-order valence-corrected chi connectivity index (χ4v) is 3.82. The van der Waals surface area contributed by atoms with Gasteiger partial charge in [-0.3, -0.25) is 4.79 Å². The van der Waals surface area contributed by atoms with Gasteiger partial charge in [0.05, 0.1) is 7.05 Å². The van der Waals surface area contributed by atoms with Gasteiger partial charge in [0, 0.05) is 11.6 Å². The SMILES string of the molecule is C[C@H]1CCCC[C@H]1NC(=O)C[NH+](C)Cc1ccc2ccccc2c1. The molecule has 0 bridgehead atoms. The van der Waals surface area contributed by atoms with Gasteiger partial charge in [0.2, 0.25) is 0 Å². The van der Waals surface area contributed by atoms with Crippen molar-refractivity contribution in [3.05, 3.63) is 48.0 Å². The molecular formula is C21H29N2O+. The third kappa shape index (κ3) is 4.35. The average molecular weight is 325 g/mol. The lowest BCUT2D eigenvalue weighted by Gasteiger charge is -2.29. The Morgan fingerprint density at radius 2 is 1.88 bits per heavy atom. The number of likely N-dealkylation sites (N-methyl/N-ethyl adjacent to an activating group) is 1. The van der Waals surface area contributed by atoms with Crippen LogP contribution in [0.15, 0.2) is 42.5 Å². The van der Waals surface area contributed by atoms with Crippen LogP contribution in [0.4, 0.5) is 0 Å². The number of carbonyl (C=O) groups excluding carboxylic acids is 1. The molecule has 128 valence electrons. The first-order chi connectivity index (χ1) is 11.6. The minimum atomic E-state index is 0.187. The Balaban J connectivity index is 1.54. The molecule has 0 saturated heterocycles. The zero-order valence-electron chi connectivity index (χ0n) is 14.8. The molecule has 0 aliphatic heterocycles. The molecule has 1 unspecified atom stereocenters. The Labute approximate surface area is 145 Å². The Bertz CT molecular complexity index is 697. The average Bonchev–Trinajstić information content (AvgIpc) is 2.56. The summed E-state index contributed by atoms with van der Waals surface area (Å²) >= 11 is 0. The van der Waals surface area contributed by atoms with E-state index in [9.17, 15) is 4.79 Å². The molecule has 24 heavy (non-hydrogen) atoms. The highest BCUT2D eigenvalue weighted by atomic mass is 16.2. The van der Waals surface area contributed by atoms with Crippen LogP contribution in [-0.4, -0.2) is 25.5 Å². The van der Waals surface area contributed by atoms with Crippen LogP contribution in [0.3, 0.4) is 0 Å². The molecule has 3 heteroatoms. The monoisotopic (exact) mass is 325 g/mol. The van der Waals surface area contributed by atoms with Crippen LogP contribution in [-0.2, 0) is 11.3 Å². The summed E-state index contributed by atoms with van der Waals surface area (Å²) in [5.41, 5.74) is 1.28. The van der Waals surface area contributed by atoms with E-state index in [1.165, 1.54) is 40.5 Å². The quantitative estimate of drug-likeness (QED) is 0.870. The molecule has 2 aromatic carbocycles. The molecule has 1 saturated carbocycles. The van der Waals surface area contributed by atoms with Crippen LogP contribution in [0.5, 0.6) is 0 Å². The van der Waals surface area contributed by atoms with Gasteiger partial charge in [0.1, 0.15) is 6.54 Å². The van der Waals surface area contributed by atoms with E-state index in [0.29, 0.717) is 18.5 Å². The van der Waals surface area contributed by atoms with E-state index in [1.807, 2.05) is 0 Å². The smallest absolute Gasteiger partial charge is 0.275 e. The molecule has 1 amide bonds. The van der Waals surface area contributed by atoms with E-state index in [1.54, 1.807) is 0 Å². The maximum atomic E-state index is 12.3.